The van der Waals surface area contributed by atoms with Gasteiger partial charge in [0, 0.05) is 17.4 Å². The zero-order valence-corrected chi connectivity index (χ0v) is 11.3. The molecule has 18 heavy (non-hydrogen) atoms. The van der Waals surface area contributed by atoms with Crippen LogP contribution in [0.25, 0.3) is 0 Å². The normalized spacial score (nSPS) is 12.4. The molecule has 1 N–H and O–H groups in total. The van der Waals surface area contributed by atoms with E-state index in [-0.39, 0.29) is 6.04 Å². The van der Waals surface area contributed by atoms with Crippen LogP contribution in [-0.2, 0) is 0 Å². The van der Waals surface area contributed by atoms with Crippen molar-refractivity contribution in [2.24, 2.45) is 0 Å². The Morgan fingerprint density at radius 1 is 1.33 bits per heavy atom. The third-order valence-electron chi connectivity index (χ3n) is 2.83. The number of hydrogen-bond donors (Lipinski definition) is 1. The number of halogens is 1. The van der Waals surface area contributed by atoms with Gasteiger partial charge in [-0.15, -0.1) is 0 Å². The van der Waals surface area contributed by atoms with Crippen LogP contribution in [0.2, 0.25) is 5.02 Å². The fraction of sp³-hybridized carbons (Fsp3) is 0.286. The number of hydrogen-bond acceptors (Lipinski definition) is 3. The average Bonchev–Trinajstić information content (AvgIpc) is 2.38. The number of aromatic nitrogens is 2. The van der Waals surface area contributed by atoms with E-state index in [9.17, 15) is 0 Å². The summed E-state index contributed by atoms with van der Waals surface area (Å²) in [4.78, 5) is 8.51. The van der Waals surface area contributed by atoms with Crippen molar-refractivity contribution in [1.82, 2.24) is 15.3 Å². The fourth-order valence-electron chi connectivity index (χ4n) is 2.00. The molecular formula is C14H16ClN3. The summed E-state index contributed by atoms with van der Waals surface area (Å²) in [6.07, 6.45) is 5.19. The smallest absolute Gasteiger partial charge is 0.0801 e. The second-order valence-corrected chi connectivity index (χ2v) is 4.56. The molecule has 1 aromatic heterocycles. The van der Waals surface area contributed by atoms with E-state index >= 15 is 0 Å². The first-order valence-corrected chi connectivity index (χ1v) is 6.35. The van der Waals surface area contributed by atoms with Crippen LogP contribution in [0, 0.1) is 6.92 Å². The lowest BCUT2D eigenvalue weighted by atomic mass is 9.99. The Kier molecular flexibility index (Phi) is 4.28. The molecule has 0 aliphatic rings. The highest BCUT2D eigenvalue weighted by Gasteiger charge is 2.16. The van der Waals surface area contributed by atoms with Crippen molar-refractivity contribution in [1.29, 1.82) is 0 Å². The van der Waals surface area contributed by atoms with E-state index in [1.165, 1.54) is 5.56 Å². The molecule has 4 heteroatoms. The maximum absolute atomic E-state index is 6.00. The molecule has 0 radical (unpaired) electrons. The minimum absolute atomic E-state index is 0.0565. The first-order valence-electron chi connectivity index (χ1n) is 5.97. The highest BCUT2D eigenvalue weighted by atomic mass is 35.5. The first-order chi connectivity index (χ1) is 8.72. The van der Waals surface area contributed by atoms with E-state index in [0.717, 1.165) is 22.8 Å². The second kappa shape index (κ2) is 5.94. The van der Waals surface area contributed by atoms with Gasteiger partial charge in [-0.25, -0.2) is 0 Å². The number of rotatable bonds is 4. The monoisotopic (exact) mass is 261 g/mol. The largest absolute Gasteiger partial charge is 0.305 e. The van der Waals surface area contributed by atoms with Gasteiger partial charge in [0.25, 0.3) is 0 Å². The van der Waals surface area contributed by atoms with Gasteiger partial charge in [0.15, 0.2) is 0 Å². The molecule has 0 bridgehead atoms. The molecule has 94 valence electrons. The summed E-state index contributed by atoms with van der Waals surface area (Å²) in [6, 6.07) is 5.97. The van der Waals surface area contributed by atoms with Gasteiger partial charge in [-0.1, -0.05) is 24.6 Å². The molecule has 0 saturated carbocycles. The Morgan fingerprint density at radius 3 is 2.78 bits per heavy atom. The Bertz CT molecular complexity index is 514. The summed E-state index contributed by atoms with van der Waals surface area (Å²) in [5.74, 6) is 0. The minimum atomic E-state index is 0.0565. The molecule has 0 amide bonds. The van der Waals surface area contributed by atoms with Crippen molar-refractivity contribution >= 4 is 11.6 Å². The zero-order chi connectivity index (χ0) is 13.0. The van der Waals surface area contributed by atoms with E-state index < -0.39 is 0 Å². The molecule has 2 aromatic rings. The summed E-state index contributed by atoms with van der Waals surface area (Å²) >= 11 is 6.00. The maximum atomic E-state index is 6.00. The van der Waals surface area contributed by atoms with Crippen LogP contribution in [-0.4, -0.2) is 16.5 Å². The zero-order valence-electron chi connectivity index (χ0n) is 10.5. The van der Waals surface area contributed by atoms with E-state index in [1.807, 2.05) is 18.2 Å². The molecule has 1 heterocycles. The molecule has 2 rings (SSSR count). The van der Waals surface area contributed by atoms with E-state index in [2.05, 4.69) is 29.1 Å². The SMILES string of the molecule is CCNC(c1cnccn1)c1ccc(Cl)cc1C. The van der Waals surface area contributed by atoms with Crippen LogP contribution in [0.4, 0.5) is 0 Å². The lowest BCUT2D eigenvalue weighted by Gasteiger charge is -2.19. The van der Waals surface area contributed by atoms with Gasteiger partial charge in [0.05, 0.1) is 17.9 Å². The van der Waals surface area contributed by atoms with Crippen LogP contribution in [0.3, 0.4) is 0 Å². The van der Waals surface area contributed by atoms with Crippen LogP contribution in [0.15, 0.2) is 36.8 Å². The van der Waals surface area contributed by atoms with E-state index in [0.29, 0.717) is 0 Å². The number of aryl methyl sites for hydroxylation is 1. The van der Waals surface area contributed by atoms with Crippen LogP contribution in [0.1, 0.15) is 29.8 Å². The van der Waals surface area contributed by atoms with E-state index in [1.54, 1.807) is 18.6 Å². The minimum Gasteiger partial charge on any atom is -0.305 e. The molecule has 0 fully saturated rings. The quantitative estimate of drug-likeness (QED) is 0.919. The van der Waals surface area contributed by atoms with E-state index in [4.69, 9.17) is 11.6 Å². The second-order valence-electron chi connectivity index (χ2n) is 4.12. The lowest BCUT2D eigenvalue weighted by Crippen LogP contribution is -2.23. The van der Waals surface area contributed by atoms with Gasteiger partial charge in [0.2, 0.25) is 0 Å². The molecule has 0 spiro atoms. The highest BCUT2D eigenvalue weighted by Crippen LogP contribution is 2.25. The van der Waals surface area contributed by atoms with Gasteiger partial charge in [-0.2, -0.15) is 0 Å². The van der Waals surface area contributed by atoms with Gasteiger partial charge in [0.1, 0.15) is 0 Å². The van der Waals surface area contributed by atoms with Crippen LogP contribution < -0.4 is 5.32 Å². The Balaban J connectivity index is 2.41. The fourth-order valence-corrected chi connectivity index (χ4v) is 2.23. The van der Waals surface area contributed by atoms with Crippen molar-refractivity contribution in [2.75, 3.05) is 6.54 Å². The summed E-state index contributed by atoms with van der Waals surface area (Å²) < 4.78 is 0. The summed E-state index contributed by atoms with van der Waals surface area (Å²) in [5.41, 5.74) is 3.26. The van der Waals surface area contributed by atoms with Gasteiger partial charge < -0.3 is 5.32 Å². The van der Waals surface area contributed by atoms with Gasteiger partial charge >= 0.3 is 0 Å². The van der Waals surface area contributed by atoms with Gasteiger partial charge in [-0.05, 0) is 36.7 Å². The lowest BCUT2D eigenvalue weighted by molar-refractivity contribution is 0.610. The predicted molar refractivity (Wildman–Crippen MR) is 73.7 cm³/mol. The number of benzene rings is 1. The molecule has 0 aliphatic carbocycles. The van der Waals surface area contributed by atoms with Crippen molar-refractivity contribution in [2.45, 2.75) is 19.9 Å². The van der Waals surface area contributed by atoms with Crippen LogP contribution >= 0.6 is 11.6 Å². The van der Waals surface area contributed by atoms with Gasteiger partial charge in [-0.3, -0.25) is 9.97 Å². The molecule has 1 aromatic carbocycles. The number of nitrogens with zero attached hydrogens (tertiary/aromatic N) is 2. The summed E-state index contributed by atoms with van der Waals surface area (Å²) in [6.45, 7) is 5.00. The first kappa shape index (κ1) is 13.0. The maximum Gasteiger partial charge on any atom is 0.0801 e. The average molecular weight is 262 g/mol. The Hall–Kier alpha value is -1.45. The molecule has 0 aliphatic heterocycles. The Morgan fingerprint density at radius 2 is 2.17 bits per heavy atom. The summed E-state index contributed by atoms with van der Waals surface area (Å²) in [7, 11) is 0. The van der Waals surface area contributed by atoms with Crippen molar-refractivity contribution in [3.05, 3.63) is 58.6 Å². The number of nitrogens with one attached hydrogen (secondary N) is 1. The molecule has 3 nitrogen and oxygen atoms in total. The topological polar surface area (TPSA) is 37.8 Å². The van der Waals surface area contributed by atoms with Crippen LogP contribution in [0.5, 0.6) is 0 Å². The Labute approximate surface area is 112 Å². The highest BCUT2D eigenvalue weighted by molar-refractivity contribution is 6.30. The summed E-state index contributed by atoms with van der Waals surface area (Å²) in [5, 5.41) is 4.19. The molecule has 0 saturated heterocycles. The van der Waals surface area contributed by atoms with Crippen molar-refractivity contribution in [3.63, 3.8) is 0 Å². The molecule has 1 unspecified atom stereocenters. The molecular weight excluding hydrogens is 246 g/mol. The molecule has 1 atom stereocenters. The van der Waals surface area contributed by atoms with Crippen molar-refractivity contribution < 1.29 is 0 Å². The third kappa shape index (κ3) is 2.86. The predicted octanol–water partition coefficient (Wildman–Crippen LogP) is 3.14. The third-order valence-corrected chi connectivity index (χ3v) is 3.07. The standard InChI is InChI=1S/C14H16ClN3/c1-3-17-14(13-9-16-6-7-18-13)12-5-4-11(15)8-10(12)2/h4-9,14,17H,3H2,1-2H3. The van der Waals surface area contributed by atoms with Crippen molar-refractivity contribution in [3.8, 4) is 0 Å².